The highest BCUT2D eigenvalue weighted by Gasteiger charge is 2.19. The Kier molecular flexibility index (Phi) is 10.4. The summed E-state index contributed by atoms with van der Waals surface area (Å²) < 4.78 is 0. The molecule has 0 radical (unpaired) electrons. The maximum atomic E-state index is 10.8. The molecule has 0 heterocycles. The third-order valence-electron chi connectivity index (χ3n) is 3.18. The average Bonchev–Trinajstić information content (AvgIpc) is 2.30. The van der Waals surface area contributed by atoms with Gasteiger partial charge in [-0.1, -0.05) is 58.3 Å². The predicted molar refractivity (Wildman–Crippen MR) is 70.6 cm³/mol. The van der Waals surface area contributed by atoms with Gasteiger partial charge in [-0.3, -0.25) is 9.59 Å². The fraction of sp³-hybridized carbons (Fsp3) is 0.857. The van der Waals surface area contributed by atoms with E-state index in [1.54, 1.807) is 0 Å². The summed E-state index contributed by atoms with van der Waals surface area (Å²) in [6, 6.07) is 0. The summed E-state index contributed by atoms with van der Waals surface area (Å²) in [4.78, 5) is 21.3. The molecule has 0 aliphatic rings. The molecule has 1 unspecified atom stereocenters. The number of carbonyl (C=O) groups is 2. The highest BCUT2D eigenvalue weighted by atomic mass is 16.4. The number of aliphatic carboxylic acids is 2. The van der Waals surface area contributed by atoms with Gasteiger partial charge < -0.3 is 10.2 Å². The van der Waals surface area contributed by atoms with Crippen molar-refractivity contribution in [3.8, 4) is 0 Å². The Balaban J connectivity index is 3.49. The Labute approximate surface area is 109 Å². The first-order chi connectivity index (χ1) is 8.57. The minimum Gasteiger partial charge on any atom is -0.481 e. The molecule has 0 aliphatic heterocycles. The highest BCUT2D eigenvalue weighted by Crippen LogP contribution is 2.16. The quantitative estimate of drug-likeness (QED) is 0.523. The van der Waals surface area contributed by atoms with Crippen molar-refractivity contribution in [2.45, 2.75) is 71.1 Å². The van der Waals surface area contributed by atoms with Crippen molar-refractivity contribution in [2.75, 3.05) is 0 Å². The Morgan fingerprint density at radius 1 is 0.889 bits per heavy atom. The van der Waals surface area contributed by atoms with E-state index in [1.807, 2.05) is 0 Å². The molecular formula is C14H26O4. The van der Waals surface area contributed by atoms with Crippen LogP contribution in [0.3, 0.4) is 0 Å². The van der Waals surface area contributed by atoms with E-state index in [0.29, 0.717) is 6.42 Å². The molecule has 0 saturated heterocycles. The second-order valence-corrected chi connectivity index (χ2v) is 4.90. The largest absolute Gasteiger partial charge is 0.481 e. The molecule has 0 spiro atoms. The van der Waals surface area contributed by atoms with E-state index in [4.69, 9.17) is 10.2 Å². The molecule has 0 aromatic heterocycles. The minimum atomic E-state index is -1.03. The lowest BCUT2D eigenvalue weighted by molar-refractivity contribution is -0.148. The first-order valence-corrected chi connectivity index (χ1v) is 7.02. The van der Waals surface area contributed by atoms with Crippen LogP contribution in [0.4, 0.5) is 0 Å². The SMILES string of the molecule is CCCCCCCCCCC(CC(=O)O)C(=O)O. The van der Waals surface area contributed by atoms with Crippen molar-refractivity contribution < 1.29 is 19.8 Å². The number of hydrogen-bond acceptors (Lipinski definition) is 2. The number of carboxylic acid groups (broad SMARTS) is 2. The lowest BCUT2D eigenvalue weighted by atomic mass is 9.97. The second kappa shape index (κ2) is 11.1. The van der Waals surface area contributed by atoms with Crippen molar-refractivity contribution >= 4 is 11.9 Å². The van der Waals surface area contributed by atoms with Gasteiger partial charge in [0, 0.05) is 0 Å². The van der Waals surface area contributed by atoms with Crippen LogP contribution in [0.5, 0.6) is 0 Å². The summed E-state index contributed by atoms with van der Waals surface area (Å²) in [7, 11) is 0. The molecule has 0 fully saturated rings. The summed E-state index contributed by atoms with van der Waals surface area (Å²) >= 11 is 0. The van der Waals surface area contributed by atoms with Crippen molar-refractivity contribution in [3.05, 3.63) is 0 Å². The third-order valence-corrected chi connectivity index (χ3v) is 3.18. The van der Waals surface area contributed by atoms with Crippen LogP contribution in [0.2, 0.25) is 0 Å². The van der Waals surface area contributed by atoms with Crippen LogP contribution in [0, 0.1) is 5.92 Å². The monoisotopic (exact) mass is 258 g/mol. The van der Waals surface area contributed by atoms with E-state index in [2.05, 4.69) is 6.92 Å². The molecule has 106 valence electrons. The molecule has 0 aromatic rings. The summed E-state index contributed by atoms with van der Waals surface area (Å²) in [6.45, 7) is 2.19. The molecule has 0 saturated carbocycles. The van der Waals surface area contributed by atoms with Gasteiger partial charge in [0.1, 0.15) is 0 Å². The number of rotatable bonds is 12. The van der Waals surface area contributed by atoms with Gasteiger partial charge in [-0.25, -0.2) is 0 Å². The Bertz CT molecular complexity index is 238. The van der Waals surface area contributed by atoms with Crippen LogP contribution < -0.4 is 0 Å². The molecule has 0 amide bonds. The second-order valence-electron chi connectivity index (χ2n) is 4.90. The van der Waals surface area contributed by atoms with E-state index in [-0.39, 0.29) is 6.42 Å². The Morgan fingerprint density at radius 3 is 1.83 bits per heavy atom. The van der Waals surface area contributed by atoms with E-state index < -0.39 is 17.9 Å². The van der Waals surface area contributed by atoms with Crippen LogP contribution >= 0.6 is 0 Å². The zero-order valence-corrected chi connectivity index (χ0v) is 11.4. The number of unbranched alkanes of at least 4 members (excludes halogenated alkanes) is 7. The number of hydrogen-bond donors (Lipinski definition) is 2. The zero-order chi connectivity index (χ0) is 13.8. The highest BCUT2D eigenvalue weighted by molar-refractivity contribution is 5.77. The normalized spacial score (nSPS) is 12.3. The lowest BCUT2D eigenvalue weighted by Crippen LogP contribution is -2.17. The molecule has 1 atom stereocenters. The maximum absolute atomic E-state index is 10.8. The van der Waals surface area contributed by atoms with Crippen molar-refractivity contribution in [1.82, 2.24) is 0 Å². The lowest BCUT2D eigenvalue weighted by Gasteiger charge is -2.09. The number of carboxylic acids is 2. The molecule has 0 aliphatic carbocycles. The van der Waals surface area contributed by atoms with Gasteiger partial charge in [-0.05, 0) is 6.42 Å². The van der Waals surface area contributed by atoms with Crippen LogP contribution in [-0.2, 0) is 9.59 Å². The van der Waals surface area contributed by atoms with E-state index in [9.17, 15) is 9.59 Å². The van der Waals surface area contributed by atoms with Crippen LogP contribution in [0.25, 0.3) is 0 Å². The first-order valence-electron chi connectivity index (χ1n) is 7.02. The molecule has 18 heavy (non-hydrogen) atoms. The maximum Gasteiger partial charge on any atom is 0.307 e. The van der Waals surface area contributed by atoms with Gasteiger partial charge in [0.05, 0.1) is 12.3 Å². The molecule has 4 nitrogen and oxygen atoms in total. The van der Waals surface area contributed by atoms with Crippen molar-refractivity contribution in [1.29, 1.82) is 0 Å². The average molecular weight is 258 g/mol. The van der Waals surface area contributed by atoms with Crippen molar-refractivity contribution in [2.24, 2.45) is 5.92 Å². The van der Waals surface area contributed by atoms with Crippen LogP contribution in [0.1, 0.15) is 71.1 Å². The topological polar surface area (TPSA) is 74.6 Å². The summed E-state index contributed by atoms with van der Waals surface area (Å²) in [5.41, 5.74) is 0. The Hall–Kier alpha value is -1.06. The predicted octanol–water partition coefficient (Wildman–Crippen LogP) is 3.69. The summed E-state index contributed by atoms with van der Waals surface area (Å²) in [5, 5.41) is 17.5. The fourth-order valence-corrected chi connectivity index (χ4v) is 2.05. The smallest absolute Gasteiger partial charge is 0.307 e. The molecule has 4 heteroatoms. The summed E-state index contributed by atoms with van der Waals surface area (Å²) in [5.74, 6) is -2.73. The molecule has 0 aromatic carbocycles. The first kappa shape index (κ1) is 16.9. The zero-order valence-electron chi connectivity index (χ0n) is 11.4. The van der Waals surface area contributed by atoms with Gasteiger partial charge >= 0.3 is 11.9 Å². The van der Waals surface area contributed by atoms with Gasteiger partial charge in [-0.15, -0.1) is 0 Å². The van der Waals surface area contributed by atoms with Gasteiger partial charge in [-0.2, -0.15) is 0 Å². The Morgan fingerprint density at radius 2 is 1.39 bits per heavy atom. The minimum absolute atomic E-state index is 0.258. The van der Waals surface area contributed by atoms with Gasteiger partial charge in [0.2, 0.25) is 0 Å². The van der Waals surface area contributed by atoms with E-state index >= 15 is 0 Å². The van der Waals surface area contributed by atoms with Crippen molar-refractivity contribution in [3.63, 3.8) is 0 Å². The molecule has 2 N–H and O–H groups in total. The standard InChI is InChI=1S/C14H26O4/c1-2-3-4-5-6-7-8-9-10-12(14(17)18)11-13(15)16/h12H,2-11H2,1H3,(H,15,16)(H,17,18). The van der Waals surface area contributed by atoms with Gasteiger partial charge in [0.25, 0.3) is 0 Å². The molecule has 0 rings (SSSR count). The van der Waals surface area contributed by atoms with E-state index in [0.717, 1.165) is 19.3 Å². The molecular weight excluding hydrogens is 232 g/mol. The van der Waals surface area contributed by atoms with Crippen LogP contribution in [0.15, 0.2) is 0 Å². The fourth-order valence-electron chi connectivity index (χ4n) is 2.05. The molecule has 0 bridgehead atoms. The van der Waals surface area contributed by atoms with Gasteiger partial charge in [0.15, 0.2) is 0 Å². The van der Waals surface area contributed by atoms with E-state index in [1.165, 1.54) is 32.1 Å². The summed E-state index contributed by atoms with van der Waals surface area (Å²) in [6.07, 6.45) is 9.46. The third kappa shape index (κ3) is 10.1. The van der Waals surface area contributed by atoms with Crippen LogP contribution in [-0.4, -0.2) is 22.2 Å².